The molecule has 1 fully saturated rings. The molecular formula is C19H29N3O2. The average Bonchev–Trinajstić information content (AvgIpc) is 2.81. The summed E-state index contributed by atoms with van der Waals surface area (Å²) < 4.78 is 0. The third kappa shape index (κ3) is 5.34. The molecule has 0 unspecified atom stereocenters. The van der Waals surface area contributed by atoms with Crippen LogP contribution in [0, 0.1) is 13.8 Å². The summed E-state index contributed by atoms with van der Waals surface area (Å²) in [6.45, 7) is 6.23. The van der Waals surface area contributed by atoms with Crippen molar-refractivity contribution in [2.24, 2.45) is 0 Å². The van der Waals surface area contributed by atoms with Crippen LogP contribution >= 0.6 is 0 Å². The number of likely N-dealkylation sites (N-methyl/N-ethyl adjacent to an activating group) is 1. The number of hydrogen-bond donors (Lipinski definition) is 1. The highest BCUT2D eigenvalue weighted by Gasteiger charge is 2.18. The summed E-state index contributed by atoms with van der Waals surface area (Å²) in [6.07, 6.45) is 4.58. The number of rotatable bonds is 5. The highest BCUT2D eigenvalue weighted by atomic mass is 16.2. The van der Waals surface area contributed by atoms with Gasteiger partial charge in [0, 0.05) is 18.8 Å². The summed E-state index contributed by atoms with van der Waals surface area (Å²) in [5.41, 5.74) is 3.07. The van der Waals surface area contributed by atoms with Gasteiger partial charge < -0.3 is 10.2 Å². The fraction of sp³-hybridized carbons (Fsp3) is 0.579. The molecule has 24 heavy (non-hydrogen) atoms. The molecule has 1 aliphatic heterocycles. The molecule has 2 rings (SSSR count). The van der Waals surface area contributed by atoms with Crippen molar-refractivity contribution < 1.29 is 9.59 Å². The smallest absolute Gasteiger partial charge is 0.238 e. The fourth-order valence-electron chi connectivity index (χ4n) is 3.03. The number of nitrogens with one attached hydrogen (secondary N) is 1. The van der Waals surface area contributed by atoms with Gasteiger partial charge in [-0.15, -0.1) is 0 Å². The molecule has 1 aliphatic rings. The average molecular weight is 331 g/mol. The van der Waals surface area contributed by atoms with E-state index in [-0.39, 0.29) is 18.4 Å². The first-order chi connectivity index (χ1) is 11.5. The lowest BCUT2D eigenvalue weighted by atomic mass is 10.1. The molecule has 2 amide bonds. The molecule has 5 nitrogen and oxygen atoms in total. The van der Waals surface area contributed by atoms with E-state index in [1.807, 2.05) is 44.0 Å². The van der Waals surface area contributed by atoms with Crippen molar-refractivity contribution in [1.29, 1.82) is 0 Å². The van der Waals surface area contributed by atoms with Crippen LogP contribution < -0.4 is 5.32 Å². The zero-order chi connectivity index (χ0) is 17.5. The largest absolute Gasteiger partial charge is 0.342 e. The topological polar surface area (TPSA) is 52.7 Å². The van der Waals surface area contributed by atoms with Gasteiger partial charge in [-0.3, -0.25) is 14.5 Å². The molecule has 0 atom stereocenters. The van der Waals surface area contributed by atoms with Gasteiger partial charge in [0.15, 0.2) is 0 Å². The minimum absolute atomic E-state index is 0.0881. The van der Waals surface area contributed by atoms with Crippen LogP contribution in [0.2, 0.25) is 0 Å². The van der Waals surface area contributed by atoms with Crippen molar-refractivity contribution in [2.45, 2.75) is 39.5 Å². The monoisotopic (exact) mass is 331 g/mol. The first-order valence-electron chi connectivity index (χ1n) is 8.80. The summed E-state index contributed by atoms with van der Waals surface area (Å²) >= 11 is 0. The van der Waals surface area contributed by atoms with Gasteiger partial charge in [-0.2, -0.15) is 0 Å². The summed E-state index contributed by atoms with van der Waals surface area (Å²) in [7, 11) is 1.82. The standard InChI is InChI=1S/C19H29N3O2/c1-15-9-8-10-17(16(15)2)20-18(23)13-21(3)14-19(24)22-11-6-4-5-7-12-22/h8-10H,4-7,11-14H2,1-3H3,(H,20,23). The number of amides is 2. The third-order valence-electron chi connectivity index (χ3n) is 4.66. The number of hydrogen-bond acceptors (Lipinski definition) is 3. The molecule has 5 heteroatoms. The maximum atomic E-state index is 12.4. The van der Waals surface area contributed by atoms with Crippen molar-refractivity contribution in [2.75, 3.05) is 38.5 Å². The van der Waals surface area contributed by atoms with Gasteiger partial charge in [-0.1, -0.05) is 25.0 Å². The van der Waals surface area contributed by atoms with Crippen LogP contribution in [0.1, 0.15) is 36.8 Å². The van der Waals surface area contributed by atoms with E-state index in [1.54, 1.807) is 4.90 Å². The van der Waals surface area contributed by atoms with E-state index in [1.165, 1.54) is 12.8 Å². The van der Waals surface area contributed by atoms with Crippen LogP contribution in [0.25, 0.3) is 0 Å². The number of carbonyl (C=O) groups excluding carboxylic acids is 2. The maximum absolute atomic E-state index is 12.4. The molecule has 1 aromatic rings. The molecular weight excluding hydrogens is 302 g/mol. The number of nitrogens with zero attached hydrogens (tertiary/aromatic N) is 2. The summed E-state index contributed by atoms with van der Waals surface area (Å²) in [5, 5.41) is 2.94. The second-order valence-corrected chi connectivity index (χ2v) is 6.76. The Kier molecular flexibility index (Phi) is 6.79. The predicted octanol–water partition coefficient (Wildman–Crippen LogP) is 2.58. The first kappa shape index (κ1) is 18.5. The van der Waals surface area contributed by atoms with Crippen molar-refractivity contribution in [3.63, 3.8) is 0 Å². The Labute approximate surface area is 145 Å². The molecule has 132 valence electrons. The Balaban J connectivity index is 1.82. The normalized spacial score (nSPS) is 15.2. The SMILES string of the molecule is Cc1cccc(NC(=O)CN(C)CC(=O)N2CCCCCC2)c1C. The molecule has 0 saturated carbocycles. The van der Waals surface area contributed by atoms with Crippen molar-refractivity contribution in [1.82, 2.24) is 9.80 Å². The third-order valence-corrected chi connectivity index (χ3v) is 4.66. The van der Waals surface area contributed by atoms with Gasteiger partial charge in [0.25, 0.3) is 0 Å². The Hall–Kier alpha value is -1.88. The summed E-state index contributed by atoms with van der Waals surface area (Å²) in [5.74, 6) is 0.0359. The molecule has 0 radical (unpaired) electrons. The van der Waals surface area contributed by atoms with E-state index < -0.39 is 0 Å². The Bertz CT molecular complexity index is 578. The molecule has 0 aliphatic carbocycles. The number of aryl methyl sites for hydroxylation is 1. The van der Waals surface area contributed by atoms with Gasteiger partial charge in [0.1, 0.15) is 0 Å². The minimum atomic E-state index is -0.0881. The molecule has 1 heterocycles. The highest BCUT2D eigenvalue weighted by molar-refractivity contribution is 5.93. The molecule has 1 saturated heterocycles. The maximum Gasteiger partial charge on any atom is 0.238 e. The Morgan fingerprint density at radius 1 is 1.08 bits per heavy atom. The number of anilines is 1. The van der Waals surface area contributed by atoms with Crippen molar-refractivity contribution in [3.05, 3.63) is 29.3 Å². The lowest BCUT2D eigenvalue weighted by Gasteiger charge is -2.24. The van der Waals surface area contributed by atoms with E-state index in [4.69, 9.17) is 0 Å². The second kappa shape index (κ2) is 8.83. The zero-order valence-electron chi connectivity index (χ0n) is 15.1. The van der Waals surface area contributed by atoms with Gasteiger partial charge in [0.2, 0.25) is 11.8 Å². The lowest BCUT2D eigenvalue weighted by Crippen LogP contribution is -2.41. The van der Waals surface area contributed by atoms with Crippen LogP contribution in [-0.2, 0) is 9.59 Å². The predicted molar refractivity (Wildman–Crippen MR) is 97.1 cm³/mol. The van der Waals surface area contributed by atoms with Gasteiger partial charge >= 0.3 is 0 Å². The van der Waals surface area contributed by atoms with Crippen molar-refractivity contribution in [3.8, 4) is 0 Å². The van der Waals surface area contributed by atoms with E-state index in [2.05, 4.69) is 5.32 Å². The lowest BCUT2D eigenvalue weighted by molar-refractivity contribution is -0.132. The highest BCUT2D eigenvalue weighted by Crippen LogP contribution is 2.17. The summed E-state index contributed by atoms with van der Waals surface area (Å²) in [4.78, 5) is 28.3. The van der Waals surface area contributed by atoms with Crippen LogP contribution in [0.15, 0.2) is 18.2 Å². The molecule has 0 spiro atoms. The van der Waals surface area contributed by atoms with E-state index >= 15 is 0 Å². The van der Waals surface area contributed by atoms with E-state index in [0.717, 1.165) is 42.7 Å². The molecule has 1 aromatic carbocycles. The molecule has 0 bridgehead atoms. The Morgan fingerprint density at radius 3 is 2.42 bits per heavy atom. The van der Waals surface area contributed by atoms with Gasteiger partial charge in [-0.05, 0) is 50.9 Å². The number of likely N-dealkylation sites (tertiary alicyclic amines) is 1. The molecule has 1 N–H and O–H groups in total. The quantitative estimate of drug-likeness (QED) is 0.902. The number of benzene rings is 1. The zero-order valence-corrected chi connectivity index (χ0v) is 15.1. The summed E-state index contributed by atoms with van der Waals surface area (Å²) in [6, 6.07) is 5.87. The Morgan fingerprint density at radius 2 is 1.75 bits per heavy atom. The van der Waals surface area contributed by atoms with Crippen LogP contribution in [0.3, 0.4) is 0 Å². The van der Waals surface area contributed by atoms with Crippen LogP contribution in [-0.4, -0.2) is 54.8 Å². The van der Waals surface area contributed by atoms with Crippen LogP contribution in [0.4, 0.5) is 5.69 Å². The van der Waals surface area contributed by atoms with Gasteiger partial charge in [-0.25, -0.2) is 0 Å². The minimum Gasteiger partial charge on any atom is -0.342 e. The van der Waals surface area contributed by atoms with Gasteiger partial charge in [0.05, 0.1) is 13.1 Å². The van der Waals surface area contributed by atoms with E-state index in [9.17, 15) is 9.59 Å². The number of carbonyl (C=O) groups is 2. The second-order valence-electron chi connectivity index (χ2n) is 6.76. The van der Waals surface area contributed by atoms with E-state index in [0.29, 0.717) is 6.54 Å². The fourth-order valence-corrected chi connectivity index (χ4v) is 3.03. The van der Waals surface area contributed by atoms with Crippen molar-refractivity contribution >= 4 is 17.5 Å². The molecule has 0 aromatic heterocycles. The van der Waals surface area contributed by atoms with Crippen LogP contribution in [0.5, 0.6) is 0 Å². The first-order valence-corrected chi connectivity index (χ1v) is 8.80.